The van der Waals surface area contributed by atoms with Crippen LogP contribution in [0.25, 0.3) is 0 Å². The van der Waals surface area contributed by atoms with E-state index in [0.29, 0.717) is 11.6 Å². The first kappa shape index (κ1) is 13.6. The molecule has 108 valence electrons. The third-order valence-corrected chi connectivity index (χ3v) is 3.77. The fourth-order valence-electron chi connectivity index (χ4n) is 2.79. The van der Waals surface area contributed by atoms with Crippen molar-refractivity contribution in [2.24, 2.45) is 5.92 Å². The number of methoxy groups -OCH3 is 1. The number of pyridine rings is 1. The molecule has 1 amide bonds. The minimum absolute atomic E-state index is 0.0476. The molecule has 1 aliphatic heterocycles. The second kappa shape index (κ2) is 5.56. The molecule has 4 nitrogen and oxygen atoms in total. The summed E-state index contributed by atoms with van der Waals surface area (Å²) in [6.45, 7) is 2.87. The highest BCUT2D eigenvalue weighted by Crippen LogP contribution is 2.33. The van der Waals surface area contributed by atoms with E-state index in [0.717, 1.165) is 30.0 Å². The molecule has 21 heavy (non-hydrogen) atoms. The molecule has 2 aromatic rings. The molecule has 0 spiro atoms. The number of nitrogens with zero attached hydrogens (tertiary/aromatic N) is 2. The molecule has 3 rings (SSSR count). The van der Waals surface area contributed by atoms with Crippen molar-refractivity contribution in [1.29, 1.82) is 0 Å². The second-order valence-corrected chi connectivity index (χ2v) is 5.43. The summed E-state index contributed by atoms with van der Waals surface area (Å²) in [7, 11) is 1.66. The Morgan fingerprint density at radius 3 is 2.90 bits per heavy atom. The summed E-state index contributed by atoms with van der Waals surface area (Å²) in [4.78, 5) is 18.7. The number of fused-ring (bicyclic) bond motifs is 1. The molecule has 0 bridgehead atoms. The average Bonchev–Trinajstić information content (AvgIpc) is 2.53. The van der Waals surface area contributed by atoms with Gasteiger partial charge in [0.1, 0.15) is 11.4 Å². The Kier molecular flexibility index (Phi) is 3.60. The Bertz CT molecular complexity index is 655. The average molecular weight is 282 g/mol. The zero-order valence-electron chi connectivity index (χ0n) is 12.2. The van der Waals surface area contributed by atoms with Crippen LogP contribution in [0.4, 0.5) is 5.69 Å². The van der Waals surface area contributed by atoms with Crippen molar-refractivity contribution in [2.45, 2.75) is 13.3 Å². The van der Waals surface area contributed by atoms with Crippen LogP contribution in [-0.4, -0.2) is 24.5 Å². The number of hydrogen-bond donors (Lipinski definition) is 0. The van der Waals surface area contributed by atoms with Crippen LogP contribution in [0, 0.1) is 5.92 Å². The molecule has 1 aromatic heterocycles. The third-order valence-electron chi connectivity index (χ3n) is 3.77. The van der Waals surface area contributed by atoms with Gasteiger partial charge in [-0.15, -0.1) is 0 Å². The largest absolute Gasteiger partial charge is 0.497 e. The maximum Gasteiger partial charge on any atom is 0.276 e. The summed E-state index contributed by atoms with van der Waals surface area (Å²) < 4.78 is 5.28. The quantitative estimate of drug-likeness (QED) is 0.850. The van der Waals surface area contributed by atoms with Crippen LogP contribution in [0.1, 0.15) is 23.0 Å². The molecule has 0 N–H and O–H groups in total. The van der Waals surface area contributed by atoms with Crippen molar-refractivity contribution in [3.05, 3.63) is 53.9 Å². The molecule has 1 aromatic carbocycles. The van der Waals surface area contributed by atoms with Gasteiger partial charge in [-0.2, -0.15) is 0 Å². The fraction of sp³-hybridized carbons (Fsp3) is 0.294. The summed E-state index contributed by atoms with van der Waals surface area (Å²) in [5.74, 6) is 1.19. The SMILES string of the molecule is COc1ccc2c(c1)CC(C)CN2C(=O)c1ccccn1. The van der Waals surface area contributed by atoms with Gasteiger partial charge >= 0.3 is 0 Å². The second-order valence-electron chi connectivity index (χ2n) is 5.43. The number of rotatable bonds is 2. The summed E-state index contributed by atoms with van der Waals surface area (Å²) in [5, 5.41) is 0. The van der Waals surface area contributed by atoms with Gasteiger partial charge < -0.3 is 9.64 Å². The maximum atomic E-state index is 12.7. The number of hydrogen-bond acceptors (Lipinski definition) is 3. The van der Waals surface area contributed by atoms with Crippen LogP contribution in [0.15, 0.2) is 42.6 Å². The van der Waals surface area contributed by atoms with E-state index in [1.165, 1.54) is 0 Å². The van der Waals surface area contributed by atoms with Crippen molar-refractivity contribution < 1.29 is 9.53 Å². The zero-order valence-corrected chi connectivity index (χ0v) is 12.2. The minimum atomic E-state index is -0.0476. The monoisotopic (exact) mass is 282 g/mol. The standard InChI is InChI=1S/C17H18N2O2/c1-12-9-13-10-14(21-2)6-7-16(13)19(11-12)17(20)15-5-3-4-8-18-15/h3-8,10,12H,9,11H2,1-2H3. The fourth-order valence-corrected chi connectivity index (χ4v) is 2.79. The highest BCUT2D eigenvalue weighted by atomic mass is 16.5. The first-order chi connectivity index (χ1) is 10.2. The Morgan fingerprint density at radius 2 is 2.19 bits per heavy atom. The van der Waals surface area contributed by atoms with Crippen LogP contribution >= 0.6 is 0 Å². The molecular formula is C17H18N2O2. The van der Waals surface area contributed by atoms with Crippen LogP contribution < -0.4 is 9.64 Å². The number of carbonyl (C=O) groups excluding carboxylic acids is 1. The lowest BCUT2D eigenvalue weighted by Crippen LogP contribution is -2.39. The normalized spacial score (nSPS) is 17.2. The van der Waals surface area contributed by atoms with Crippen molar-refractivity contribution in [3.63, 3.8) is 0 Å². The molecule has 4 heteroatoms. The van der Waals surface area contributed by atoms with Gasteiger partial charge in [0.15, 0.2) is 0 Å². The predicted molar refractivity (Wildman–Crippen MR) is 81.8 cm³/mol. The number of ether oxygens (including phenoxy) is 1. The molecule has 0 saturated carbocycles. The molecule has 0 aliphatic carbocycles. The zero-order chi connectivity index (χ0) is 14.8. The van der Waals surface area contributed by atoms with Gasteiger partial charge in [0.05, 0.1) is 7.11 Å². The summed E-state index contributed by atoms with van der Waals surface area (Å²) in [6.07, 6.45) is 2.61. The lowest BCUT2D eigenvalue weighted by atomic mass is 9.93. The van der Waals surface area contributed by atoms with Crippen LogP contribution in [0.2, 0.25) is 0 Å². The lowest BCUT2D eigenvalue weighted by molar-refractivity contribution is 0.0976. The number of benzene rings is 1. The topological polar surface area (TPSA) is 42.4 Å². The Balaban J connectivity index is 1.99. The third kappa shape index (κ3) is 2.61. The molecule has 1 unspecified atom stereocenters. The van der Waals surface area contributed by atoms with Crippen LogP contribution in [0.3, 0.4) is 0 Å². The van der Waals surface area contributed by atoms with Crippen LogP contribution in [-0.2, 0) is 6.42 Å². The first-order valence-corrected chi connectivity index (χ1v) is 7.09. The first-order valence-electron chi connectivity index (χ1n) is 7.09. The van der Waals surface area contributed by atoms with E-state index < -0.39 is 0 Å². The Hall–Kier alpha value is -2.36. The highest BCUT2D eigenvalue weighted by Gasteiger charge is 2.27. The van der Waals surface area contributed by atoms with E-state index in [9.17, 15) is 4.79 Å². The molecule has 0 radical (unpaired) electrons. The highest BCUT2D eigenvalue weighted by molar-refractivity contribution is 6.05. The van der Waals surface area contributed by atoms with Crippen molar-refractivity contribution in [1.82, 2.24) is 4.98 Å². The van der Waals surface area contributed by atoms with E-state index in [-0.39, 0.29) is 5.91 Å². The Morgan fingerprint density at radius 1 is 1.33 bits per heavy atom. The van der Waals surface area contributed by atoms with E-state index in [2.05, 4.69) is 11.9 Å². The summed E-state index contributed by atoms with van der Waals surface area (Å²) >= 11 is 0. The van der Waals surface area contributed by atoms with Gasteiger partial charge in [-0.3, -0.25) is 9.78 Å². The van der Waals surface area contributed by atoms with E-state index in [4.69, 9.17) is 4.74 Å². The van der Waals surface area contributed by atoms with Crippen molar-refractivity contribution in [3.8, 4) is 5.75 Å². The molecule has 0 fully saturated rings. The van der Waals surface area contributed by atoms with Gasteiger partial charge in [0.25, 0.3) is 5.91 Å². The molecule has 1 atom stereocenters. The summed E-state index contributed by atoms with van der Waals surface area (Å²) in [6, 6.07) is 11.3. The van der Waals surface area contributed by atoms with E-state index >= 15 is 0 Å². The van der Waals surface area contributed by atoms with Gasteiger partial charge in [-0.05, 0) is 48.2 Å². The number of amides is 1. The summed E-state index contributed by atoms with van der Waals surface area (Å²) in [5.41, 5.74) is 2.59. The Labute approximate surface area is 124 Å². The maximum absolute atomic E-state index is 12.7. The van der Waals surface area contributed by atoms with E-state index in [1.54, 1.807) is 19.4 Å². The van der Waals surface area contributed by atoms with Crippen LogP contribution in [0.5, 0.6) is 5.75 Å². The van der Waals surface area contributed by atoms with Gasteiger partial charge in [0, 0.05) is 18.4 Å². The van der Waals surface area contributed by atoms with Gasteiger partial charge in [0.2, 0.25) is 0 Å². The number of anilines is 1. The van der Waals surface area contributed by atoms with Gasteiger partial charge in [-0.1, -0.05) is 13.0 Å². The molecule has 0 saturated heterocycles. The predicted octanol–water partition coefficient (Wildman–Crippen LogP) is 2.93. The molecular weight excluding hydrogens is 264 g/mol. The van der Waals surface area contributed by atoms with E-state index in [1.807, 2.05) is 35.2 Å². The molecule has 1 aliphatic rings. The number of carbonyl (C=O) groups is 1. The minimum Gasteiger partial charge on any atom is -0.497 e. The number of aromatic nitrogens is 1. The van der Waals surface area contributed by atoms with Crippen molar-refractivity contribution >= 4 is 11.6 Å². The smallest absolute Gasteiger partial charge is 0.276 e. The van der Waals surface area contributed by atoms with Crippen molar-refractivity contribution in [2.75, 3.05) is 18.6 Å². The lowest BCUT2D eigenvalue weighted by Gasteiger charge is -2.33. The van der Waals surface area contributed by atoms with Gasteiger partial charge in [-0.25, -0.2) is 0 Å². The molecule has 2 heterocycles.